The molecule has 1 aliphatic rings. The molecule has 2 N–H and O–H groups in total. The van der Waals surface area contributed by atoms with Crippen molar-refractivity contribution in [2.24, 2.45) is 0 Å². The standard InChI is InChI=1S/C16H18N2O3/c1-2-21-16(20)17-10-7-8-12-11-5-3-4-6-13(11)15(19)18-14(12)9-10/h7-9H,2-6H2,1H3,(H,17,20)(H,18,19). The highest BCUT2D eigenvalue weighted by molar-refractivity contribution is 5.91. The fourth-order valence-corrected chi connectivity index (χ4v) is 2.92. The molecule has 1 aromatic heterocycles. The fraction of sp³-hybridized carbons (Fsp3) is 0.375. The number of H-pyrrole nitrogens is 1. The molecular formula is C16H18N2O3. The van der Waals surface area contributed by atoms with Gasteiger partial charge in [0.1, 0.15) is 0 Å². The zero-order valence-corrected chi connectivity index (χ0v) is 12.0. The van der Waals surface area contributed by atoms with Gasteiger partial charge in [-0.05, 0) is 50.3 Å². The van der Waals surface area contributed by atoms with Gasteiger partial charge < -0.3 is 9.72 Å². The Morgan fingerprint density at radius 3 is 2.81 bits per heavy atom. The second kappa shape index (κ2) is 5.60. The number of aryl methyl sites for hydroxylation is 1. The molecule has 0 atom stereocenters. The highest BCUT2D eigenvalue weighted by atomic mass is 16.5. The summed E-state index contributed by atoms with van der Waals surface area (Å²) >= 11 is 0. The van der Waals surface area contributed by atoms with E-state index in [2.05, 4.69) is 10.3 Å². The number of anilines is 1. The number of hydrogen-bond acceptors (Lipinski definition) is 3. The van der Waals surface area contributed by atoms with E-state index in [9.17, 15) is 9.59 Å². The van der Waals surface area contributed by atoms with Crippen molar-refractivity contribution in [3.05, 3.63) is 39.7 Å². The maximum Gasteiger partial charge on any atom is 0.411 e. The number of aromatic nitrogens is 1. The van der Waals surface area contributed by atoms with Gasteiger partial charge in [-0.15, -0.1) is 0 Å². The molecule has 5 heteroatoms. The predicted octanol–water partition coefficient (Wildman–Crippen LogP) is 2.98. The number of rotatable bonds is 2. The largest absolute Gasteiger partial charge is 0.450 e. The zero-order valence-electron chi connectivity index (χ0n) is 12.0. The molecule has 0 spiro atoms. The Kier molecular flexibility index (Phi) is 3.64. The van der Waals surface area contributed by atoms with E-state index in [0.29, 0.717) is 12.3 Å². The van der Waals surface area contributed by atoms with Crippen molar-refractivity contribution in [1.82, 2.24) is 4.98 Å². The molecule has 2 aromatic rings. The summed E-state index contributed by atoms with van der Waals surface area (Å²) in [6, 6.07) is 5.58. The Labute approximate surface area is 122 Å². The van der Waals surface area contributed by atoms with Crippen LogP contribution >= 0.6 is 0 Å². The summed E-state index contributed by atoms with van der Waals surface area (Å²) in [5.74, 6) is 0. The Morgan fingerprint density at radius 1 is 1.29 bits per heavy atom. The molecule has 1 heterocycles. The van der Waals surface area contributed by atoms with Gasteiger partial charge in [0.25, 0.3) is 5.56 Å². The third-order valence-electron chi connectivity index (χ3n) is 3.86. The number of ether oxygens (including phenoxy) is 1. The fourth-order valence-electron chi connectivity index (χ4n) is 2.92. The Morgan fingerprint density at radius 2 is 2.05 bits per heavy atom. The molecule has 1 aliphatic carbocycles. The summed E-state index contributed by atoms with van der Waals surface area (Å²) in [7, 11) is 0. The van der Waals surface area contributed by atoms with Crippen LogP contribution in [0.1, 0.15) is 30.9 Å². The van der Waals surface area contributed by atoms with Crippen LogP contribution in [0.2, 0.25) is 0 Å². The van der Waals surface area contributed by atoms with Crippen molar-refractivity contribution < 1.29 is 9.53 Å². The zero-order chi connectivity index (χ0) is 14.8. The highest BCUT2D eigenvalue weighted by Crippen LogP contribution is 2.27. The minimum Gasteiger partial charge on any atom is -0.450 e. The maximum absolute atomic E-state index is 12.1. The van der Waals surface area contributed by atoms with Gasteiger partial charge in [-0.3, -0.25) is 10.1 Å². The molecule has 0 saturated heterocycles. The van der Waals surface area contributed by atoms with E-state index >= 15 is 0 Å². The third-order valence-corrected chi connectivity index (χ3v) is 3.86. The van der Waals surface area contributed by atoms with Gasteiger partial charge in [0.05, 0.1) is 12.1 Å². The monoisotopic (exact) mass is 286 g/mol. The highest BCUT2D eigenvalue weighted by Gasteiger charge is 2.16. The third kappa shape index (κ3) is 2.63. The van der Waals surface area contributed by atoms with Crippen LogP contribution < -0.4 is 10.9 Å². The number of carbonyl (C=O) groups excluding carboxylic acids is 1. The first kappa shape index (κ1) is 13.7. The van der Waals surface area contributed by atoms with Crippen molar-refractivity contribution in [2.75, 3.05) is 11.9 Å². The number of fused-ring (bicyclic) bond motifs is 3. The van der Waals surface area contributed by atoms with Gasteiger partial charge in [0.15, 0.2) is 0 Å². The molecule has 21 heavy (non-hydrogen) atoms. The summed E-state index contributed by atoms with van der Waals surface area (Å²) in [6.45, 7) is 2.08. The number of pyridine rings is 1. The molecule has 0 radical (unpaired) electrons. The topological polar surface area (TPSA) is 71.2 Å². The molecule has 0 fully saturated rings. The molecule has 5 nitrogen and oxygen atoms in total. The predicted molar refractivity (Wildman–Crippen MR) is 81.9 cm³/mol. The molecule has 3 rings (SSSR count). The van der Waals surface area contributed by atoms with Crippen molar-refractivity contribution in [2.45, 2.75) is 32.6 Å². The van der Waals surface area contributed by atoms with Crippen molar-refractivity contribution in [3.63, 3.8) is 0 Å². The van der Waals surface area contributed by atoms with Crippen molar-refractivity contribution in [3.8, 4) is 0 Å². The van der Waals surface area contributed by atoms with Crippen LogP contribution in [0.3, 0.4) is 0 Å². The number of nitrogens with one attached hydrogen (secondary N) is 2. The van der Waals surface area contributed by atoms with Crippen LogP contribution in [-0.2, 0) is 17.6 Å². The molecule has 1 amide bonds. The molecule has 0 saturated carbocycles. The normalized spacial score (nSPS) is 13.8. The lowest BCUT2D eigenvalue weighted by molar-refractivity contribution is 0.168. The number of amides is 1. The van der Waals surface area contributed by atoms with E-state index in [4.69, 9.17) is 4.74 Å². The first-order valence-corrected chi connectivity index (χ1v) is 7.30. The molecule has 1 aromatic carbocycles. The van der Waals surface area contributed by atoms with Crippen molar-refractivity contribution >= 4 is 22.7 Å². The van der Waals surface area contributed by atoms with Gasteiger partial charge in [-0.25, -0.2) is 4.79 Å². The van der Waals surface area contributed by atoms with Crippen LogP contribution in [-0.4, -0.2) is 17.7 Å². The smallest absolute Gasteiger partial charge is 0.411 e. The van der Waals surface area contributed by atoms with E-state index in [1.165, 1.54) is 0 Å². The van der Waals surface area contributed by atoms with E-state index < -0.39 is 6.09 Å². The van der Waals surface area contributed by atoms with Crippen LogP contribution in [0.15, 0.2) is 23.0 Å². The lowest BCUT2D eigenvalue weighted by atomic mass is 9.90. The van der Waals surface area contributed by atoms with Crippen LogP contribution in [0.5, 0.6) is 0 Å². The summed E-state index contributed by atoms with van der Waals surface area (Å²) in [5.41, 5.74) is 3.44. The van der Waals surface area contributed by atoms with Gasteiger partial charge in [0.2, 0.25) is 0 Å². The minimum absolute atomic E-state index is 0.00881. The Hall–Kier alpha value is -2.30. The van der Waals surface area contributed by atoms with E-state index in [1.54, 1.807) is 13.0 Å². The first-order valence-electron chi connectivity index (χ1n) is 7.30. The lowest BCUT2D eigenvalue weighted by Crippen LogP contribution is -2.19. The Bertz CT molecular complexity index is 749. The summed E-state index contributed by atoms with van der Waals surface area (Å²) in [4.78, 5) is 26.5. The number of hydrogen-bond donors (Lipinski definition) is 2. The molecular weight excluding hydrogens is 268 g/mol. The second-order valence-electron chi connectivity index (χ2n) is 5.22. The Balaban J connectivity index is 2.03. The number of carbonyl (C=O) groups is 1. The van der Waals surface area contributed by atoms with Gasteiger partial charge in [-0.2, -0.15) is 0 Å². The second-order valence-corrected chi connectivity index (χ2v) is 5.22. The quantitative estimate of drug-likeness (QED) is 0.891. The van der Waals surface area contributed by atoms with Crippen LogP contribution in [0, 0.1) is 0 Å². The summed E-state index contributed by atoms with van der Waals surface area (Å²) < 4.78 is 4.85. The van der Waals surface area contributed by atoms with E-state index in [-0.39, 0.29) is 5.56 Å². The number of aromatic amines is 1. The molecule has 0 unspecified atom stereocenters. The molecule has 0 aliphatic heterocycles. The lowest BCUT2D eigenvalue weighted by Gasteiger charge is -2.17. The average molecular weight is 286 g/mol. The maximum atomic E-state index is 12.1. The SMILES string of the molecule is CCOC(=O)Nc1ccc2c3c(c(=O)[nH]c2c1)CCCC3. The van der Waals surface area contributed by atoms with E-state index in [1.807, 2.05) is 12.1 Å². The van der Waals surface area contributed by atoms with Gasteiger partial charge >= 0.3 is 6.09 Å². The summed E-state index contributed by atoms with van der Waals surface area (Å²) in [5, 5.41) is 3.72. The average Bonchev–Trinajstić information content (AvgIpc) is 2.47. The minimum atomic E-state index is -0.489. The number of benzene rings is 1. The first-order chi connectivity index (χ1) is 10.2. The summed E-state index contributed by atoms with van der Waals surface area (Å²) in [6.07, 6.45) is 3.50. The van der Waals surface area contributed by atoms with Crippen molar-refractivity contribution in [1.29, 1.82) is 0 Å². The van der Waals surface area contributed by atoms with Crippen LogP contribution in [0.25, 0.3) is 10.9 Å². The molecule has 0 bridgehead atoms. The van der Waals surface area contributed by atoms with E-state index in [0.717, 1.165) is 47.7 Å². The van der Waals surface area contributed by atoms with Gasteiger partial charge in [0, 0.05) is 16.6 Å². The van der Waals surface area contributed by atoms with Gasteiger partial charge in [-0.1, -0.05) is 6.07 Å². The molecule has 110 valence electrons. The van der Waals surface area contributed by atoms with Crippen LogP contribution in [0.4, 0.5) is 10.5 Å².